The zero-order valence-electron chi connectivity index (χ0n) is 11.6. The van der Waals surface area contributed by atoms with E-state index in [1.807, 2.05) is 13.8 Å². The molecular weight excluding hydrogens is 278 g/mol. The third-order valence-corrected chi connectivity index (χ3v) is 3.62. The molecule has 0 bridgehead atoms. The predicted molar refractivity (Wildman–Crippen MR) is 77.7 cm³/mol. The van der Waals surface area contributed by atoms with Gasteiger partial charge in [-0.15, -0.1) is 0 Å². The van der Waals surface area contributed by atoms with Crippen molar-refractivity contribution in [2.75, 3.05) is 0 Å². The van der Waals surface area contributed by atoms with E-state index in [1.54, 1.807) is 16.9 Å². The van der Waals surface area contributed by atoms with Gasteiger partial charge in [-0.2, -0.15) is 5.10 Å². The summed E-state index contributed by atoms with van der Waals surface area (Å²) in [4.78, 5) is 4.25. The first kappa shape index (κ1) is 14.3. The van der Waals surface area contributed by atoms with Crippen molar-refractivity contribution in [3.05, 3.63) is 39.8 Å². The molecule has 2 aromatic heterocycles. The highest BCUT2D eigenvalue weighted by atomic mass is 35.5. The van der Waals surface area contributed by atoms with Crippen molar-refractivity contribution in [1.29, 1.82) is 0 Å². The van der Waals surface area contributed by atoms with Crippen LogP contribution in [-0.4, -0.2) is 25.8 Å². The van der Waals surface area contributed by atoms with Crippen LogP contribution in [0.3, 0.4) is 0 Å². The Morgan fingerprint density at radius 2 is 2.20 bits per heavy atom. The first-order valence-corrected chi connectivity index (χ1v) is 6.56. The molecule has 7 heteroatoms. The molecule has 0 radical (unpaired) electrons. The summed E-state index contributed by atoms with van der Waals surface area (Å²) in [6.07, 6.45) is 2.44. The van der Waals surface area contributed by atoms with Crippen LogP contribution in [0.5, 0.6) is 0 Å². The van der Waals surface area contributed by atoms with Gasteiger partial charge in [0, 0.05) is 17.5 Å². The monoisotopic (exact) mass is 293 g/mol. The predicted octanol–water partition coefficient (Wildman–Crippen LogP) is 2.19. The summed E-state index contributed by atoms with van der Waals surface area (Å²) in [5, 5.41) is 16.5. The number of oxime groups is 1. The minimum absolute atomic E-state index is 0.0594. The number of aryl methyl sites for hydroxylation is 1. The molecule has 0 aromatic carbocycles. The molecule has 0 saturated carbocycles. The normalized spacial score (nSPS) is 11.9. The van der Waals surface area contributed by atoms with Crippen molar-refractivity contribution in [2.24, 2.45) is 10.9 Å². The summed E-state index contributed by atoms with van der Waals surface area (Å²) in [6, 6.07) is 1.59. The van der Waals surface area contributed by atoms with Gasteiger partial charge < -0.3 is 10.9 Å². The fourth-order valence-corrected chi connectivity index (χ4v) is 2.51. The highest BCUT2D eigenvalue weighted by molar-refractivity contribution is 6.35. The van der Waals surface area contributed by atoms with Crippen LogP contribution in [0.15, 0.2) is 17.4 Å². The molecule has 2 aromatic rings. The highest BCUT2D eigenvalue weighted by Gasteiger charge is 2.17. The molecule has 0 fully saturated rings. The molecule has 0 aliphatic heterocycles. The molecule has 2 heterocycles. The summed E-state index contributed by atoms with van der Waals surface area (Å²) in [5.41, 5.74) is 9.11. The van der Waals surface area contributed by atoms with Crippen LogP contribution in [-0.2, 0) is 6.42 Å². The minimum atomic E-state index is -0.0594. The average molecular weight is 294 g/mol. The van der Waals surface area contributed by atoms with E-state index in [0.717, 1.165) is 23.4 Å². The van der Waals surface area contributed by atoms with Gasteiger partial charge in [0.05, 0.1) is 10.7 Å². The maximum absolute atomic E-state index is 8.78. The standard InChI is InChI=1S/C13H16ClN5O/c1-4-9-7(2)17-19(8(9)3)13-11(14)10(5-6-16-13)12(15)18-20/h5-6,20H,4H2,1-3H3,(H2,15,18). The maximum atomic E-state index is 8.78. The fourth-order valence-electron chi connectivity index (χ4n) is 2.22. The number of aromatic nitrogens is 3. The molecule has 0 aliphatic carbocycles. The highest BCUT2D eigenvalue weighted by Crippen LogP contribution is 2.25. The first-order chi connectivity index (χ1) is 9.51. The second kappa shape index (κ2) is 5.50. The van der Waals surface area contributed by atoms with Crippen molar-refractivity contribution in [3.63, 3.8) is 0 Å². The molecule has 0 atom stereocenters. The van der Waals surface area contributed by atoms with Crippen molar-refractivity contribution in [1.82, 2.24) is 14.8 Å². The van der Waals surface area contributed by atoms with Crippen molar-refractivity contribution in [3.8, 4) is 5.82 Å². The number of hydrogen-bond acceptors (Lipinski definition) is 4. The van der Waals surface area contributed by atoms with Crippen molar-refractivity contribution >= 4 is 17.4 Å². The van der Waals surface area contributed by atoms with Crippen LogP contribution < -0.4 is 5.73 Å². The van der Waals surface area contributed by atoms with Gasteiger partial charge in [-0.05, 0) is 31.9 Å². The zero-order chi connectivity index (χ0) is 14.9. The summed E-state index contributed by atoms with van der Waals surface area (Å²) >= 11 is 6.30. The fraction of sp³-hybridized carbons (Fsp3) is 0.308. The van der Waals surface area contributed by atoms with E-state index in [9.17, 15) is 0 Å². The van der Waals surface area contributed by atoms with Gasteiger partial charge in [-0.25, -0.2) is 9.67 Å². The summed E-state index contributed by atoms with van der Waals surface area (Å²) in [5.74, 6) is 0.409. The number of rotatable bonds is 3. The van der Waals surface area contributed by atoms with E-state index in [1.165, 1.54) is 0 Å². The number of halogens is 1. The zero-order valence-corrected chi connectivity index (χ0v) is 12.3. The van der Waals surface area contributed by atoms with Gasteiger partial charge >= 0.3 is 0 Å². The lowest BCUT2D eigenvalue weighted by Gasteiger charge is -2.09. The van der Waals surface area contributed by atoms with Gasteiger partial charge in [-0.3, -0.25) is 0 Å². The van der Waals surface area contributed by atoms with Crippen molar-refractivity contribution < 1.29 is 5.21 Å². The molecule has 3 N–H and O–H groups in total. The van der Waals surface area contributed by atoms with E-state index >= 15 is 0 Å². The number of nitrogens with zero attached hydrogens (tertiary/aromatic N) is 4. The van der Waals surface area contributed by atoms with Gasteiger partial charge in [-0.1, -0.05) is 23.7 Å². The Morgan fingerprint density at radius 1 is 1.50 bits per heavy atom. The van der Waals surface area contributed by atoms with Gasteiger partial charge in [0.25, 0.3) is 0 Å². The van der Waals surface area contributed by atoms with Crippen LogP contribution in [0.25, 0.3) is 5.82 Å². The van der Waals surface area contributed by atoms with E-state index in [-0.39, 0.29) is 5.84 Å². The molecule has 20 heavy (non-hydrogen) atoms. The number of nitrogens with two attached hydrogens (primary N) is 1. The van der Waals surface area contributed by atoms with Gasteiger partial charge in [0.15, 0.2) is 11.7 Å². The first-order valence-electron chi connectivity index (χ1n) is 6.19. The Kier molecular flexibility index (Phi) is 3.94. The number of hydrogen-bond donors (Lipinski definition) is 2. The molecule has 0 aliphatic rings. The van der Waals surface area contributed by atoms with Gasteiger partial charge in [0.2, 0.25) is 0 Å². The number of pyridine rings is 1. The molecule has 0 unspecified atom stereocenters. The van der Waals surface area contributed by atoms with Gasteiger partial charge in [0.1, 0.15) is 0 Å². The minimum Gasteiger partial charge on any atom is -0.409 e. The lowest BCUT2D eigenvalue weighted by Crippen LogP contribution is -2.15. The third-order valence-electron chi connectivity index (χ3n) is 3.25. The smallest absolute Gasteiger partial charge is 0.173 e. The molecule has 0 spiro atoms. The second-order valence-electron chi connectivity index (χ2n) is 4.40. The van der Waals surface area contributed by atoms with E-state index in [2.05, 4.69) is 22.2 Å². The Balaban J connectivity index is 2.65. The second-order valence-corrected chi connectivity index (χ2v) is 4.77. The number of amidine groups is 1. The molecule has 106 valence electrons. The molecule has 6 nitrogen and oxygen atoms in total. The summed E-state index contributed by atoms with van der Waals surface area (Å²) < 4.78 is 1.69. The average Bonchev–Trinajstić information content (AvgIpc) is 2.72. The maximum Gasteiger partial charge on any atom is 0.173 e. The van der Waals surface area contributed by atoms with E-state index < -0.39 is 0 Å². The quantitative estimate of drug-likeness (QED) is 0.393. The Hall–Kier alpha value is -2.08. The van der Waals surface area contributed by atoms with E-state index in [0.29, 0.717) is 16.4 Å². The molecule has 0 saturated heterocycles. The largest absolute Gasteiger partial charge is 0.409 e. The van der Waals surface area contributed by atoms with Crippen LogP contribution in [0.2, 0.25) is 5.02 Å². The third kappa shape index (κ3) is 2.22. The summed E-state index contributed by atoms with van der Waals surface area (Å²) in [6.45, 7) is 5.99. The van der Waals surface area contributed by atoms with Crippen LogP contribution >= 0.6 is 11.6 Å². The SMILES string of the molecule is CCc1c(C)nn(-c2nccc(/C(N)=N/O)c2Cl)c1C. The Labute approximate surface area is 121 Å². The lowest BCUT2D eigenvalue weighted by atomic mass is 10.1. The Morgan fingerprint density at radius 3 is 2.75 bits per heavy atom. The van der Waals surface area contributed by atoms with Crippen LogP contribution in [0.4, 0.5) is 0 Å². The Bertz CT molecular complexity index is 678. The molecular formula is C13H16ClN5O. The molecule has 2 rings (SSSR count). The van der Waals surface area contributed by atoms with Crippen molar-refractivity contribution in [2.45, 2.75) is 27.2 Å². The topological polar surface area (TPSA) is 89.3 Å². The van der Waals surface area contributed by atoms with E-state index in [4.69, 9.17) is 22.5 Å². The summed E-state index contributed by atoms with van der Waals surface area (Å²) in [7, 11) is 0. The van der Waals surface area contributed by atoms with Crippen LogP contribution in [0.1, 0.15) is 29.4 Å². The lowest BCUT2D eigenvalue weighted by molar-refractivity contribution is 0.318. The molecule has 0 amide bonds. The van der Waals surface area contributed by atoms with Crippen LogP contribution in [0, 0.1) is 13.8 Å².